The molecule has 3 aromatic rings. The summed E-state index contributed by atoms with van der Waals surface area (Å²) in [7, 11) is 0. The van der Waals surface area contributed by atoms with E-state index in [0.29, 0.717) is 6.54 Å². The summed E-state index contributed by atoms with van der Waals surface area (Å²) >= 11 is 1.76. The van der Waals surface area contributed by atoms with Gasteiger partial charge in [-0.25, -0.2) is 4.79 Å². The molecule has 38 heavy (non-hydrogen) atoms. The van der Waals surface area contributed by atoms with Gasteiger partial charge in [0.1, 0.15) is 5.60 Å². The molecule has 1 saturated carbocycles. The summed E-state index contributed by atoms with van der Waals surface area (Å²) in [6.07, 6.45) is 6.06. The molecule has 1 aliphatic rings. The Balaban J connectivity index is 1.61. The number of amides is 1. The first-order valence-corrected chi connectivity index (χ1v) is 13.9. The fourth-order valence-electron chi connectivity index (χ4n) is 4.36. The van der Waals surface area contributed by atoms with E-state index in [1.807, 2.05) is 32.9 Å². The first-order valence-electron chi connectivity index (χ1n) is 13.1. The summed E-state index contributed by atoms with van der Waals surface area (Å²) in [6, 6.07) is 29.6. The van der Waals surface area contributed by atoms with Gasteiger partial charge >= 0.3 is 6.09 Å². The van der Waals surface area contributed by atoms with Crippen molar-refractivity contribution in [2.45, 2.75) is 57.3 Å². The largest absolute Gasteiger partial charge is 0.444 e. The highest BCUT2D eigenvalue weighted by Crippen LogP contribution is 2.47. The third-order valence-electron chi connectivity index (χ3n) is 6.15. The Morgan fingerprint density at radius 2 is 1.45 bits per heavy atom. The van der Waals surface area contributed by atoms with Gasteiger partial charge in [-0.05, 0) is 70.2 Å². The molecule has 0 saturated heterocycles. The maximum atomic E-state index is 12.7. The minimum atomic E-state index is -0.555. The number of rotatable bonds is 10. The highest BCUT2D eigenvalue weighted by Gasteiger charge is 2.39. The van der Waals surface area contributed by atoms with E-state index >= 15 is 0 Å². The van der Waals surface area contributed by atoms with E-state index in [-0.39, 0.29) is 6.04 Å². The molecule has 4 nitrogen and oxygen atoms in total. The zero-order valence-electron chi connectivity index (χ0n) is 22.7. The lowest BCUT2D eigenvalue weighted by Gasteiger charge is -2.38. The van der Waals surface area contributed by atoms with Gasteiger partial charge in [-0.15, -0.1) is 11.8 Å². The van der Waals surface area contributed by atoms with E-state index in [2.05, 4.69) is 109 Å². The van der Waals surface area contributed by atoms with Crippen LogP contribution in [0.15, 0.2) is 89.8 Å². The number of thioether (sulfide) groups is 1. The summed E-state index contributed by atoms with van der Waals surface area (Å²) in [6.45, 7) is 9.68. The Kier molecular flexibility index (Phi) is 9.92. The van der Waals surface area contributed by atoms with Crippen molar-refractivity contribution < 1.29 is 9.53 Å². The lowest BCUT2D eigenvalue weighted by Crippen LogP contribution is -2.48. The number of benzene rings is 3. The Labute approximate surface area is 233 Å². The van der Waals surface area contributed by atoms with Crippen LogP contribution in [0.4, 0.5) is 4.79 Å². The van der Waals surface area contributed by atoms with Gasteiger partial charge in [-0.3, -0.25) is 4.90 Å². The van der Waals surface area contributed by atoms with Crippen molar-refractivity contribution in [2.75, 3.05) is 6.54 Å². The zero-order valence-corrected chi connectivity index (χ0v) is 23.5. The summed E-state index contributed by atoms with van der Waals surface area (Å²) in [4.78, 5) is 16.4. The molecule has 0 bridgehead atoms. The maximum Gasteiger partial charge on any atom is 0.407 e. The average molecular weight is 526 g/mol. The Morgan fingerprint density at radius 3 is 2.00 bits per heavy atom. The molecule has 1 aliphatic carbocycles. The summed E-state index contributed by atoms with van der Waals surface area (Å²) in [5.74, 6) is 1.19. The van der Waals surface area contributed by atoms with Gasteiger partial charge in [-0.2, -0.15) is 0 Å². The highest BCUT2D eigenvalue weighted by atomic mass is 32.2. The van der Waals surface area contributed by atoms with E-state index in [1.54, 1.807) is 11.8 Å². The number of nitrogens with one attached hydrogen (secondary N) is 1. The van der Waals surface area contributed by atoms with Crippen molar-refractivity contribution >= 4 is 17.9 Å². The molecule has 4 rings (SSSR count). The molecule has 0 heterocycles. The minimum Gasteiger partial charge on any atom is -0.444 e. The standard InChI is InChI=1S/C33H37N2O2S/c1-25-18-20-28(21-19-25)38-31-17-11-16-29(31)30(22-34-32(36)37-33(2,3)4)35(23-26-12-7-5-8-13-26)24-27-14-9-6-10-15-27/h5-21,30H,22-24H2,1-4H3,(H,34,36)/t30-/m0/s1. The molecule has 0 aliphatic heterocycles. The van der Waals surface area contributed by atoms with Gasteiger partial charge in [0, 0.05) is 41.7 Å². The van der Waals surface area contributed by atoms with Gasteiger partial charge in [-0.1, -0.05) is 78.4 Å². The molecule has 0 spiro atoms. The summed E-state index contributed by atoms with van der Waals surface area (Å²) < 4.78 is 5.59. The van der Waals surface area contributed by atoms with Crippen molar-refractivity contribution in [3.63, 3.8) is 0 Å². The molecule has 0 aromatic heterocycles. The molecule has 1 fully saturated rings. The van der Waals surface area contributed by atoms with E-state index in [1.165, 1.54) is 32.8 Å². The molecule has 5 radical (unpaired) electrons. The molecule has 0 unspecified atom stereocenters. The molecular formula is C33H37N2O2S. The quantitative estimate of drug-likeness (QED) is 0.299. The molecule has 5 heteroatoms. The van der Waals surface area contributed by atoms with Crippen LogP contribution in [0.2, 0.25) is 0 Å². The van der Waals surface area contributed by atoms with Gasteiger partial charge < -0.3 is 10.1 Å². The fourth-order valence-corrected chi connectivity index (χ4v) is 5.36. The van der Waals surface area contributed by atoms with Gasteiger partial charge in [0.15, 0.2) is 0 Å². The Bertz CT molecular complexity index is 1090. The Morgan fingerprint density at radius 1 is 0.868 bits per heavy atom. The van der Waals surface area contributed by atoms with Crippen LogP contribution in [0.1, 0.15) is 37.5 Å². The first-order chi connectivity index (χ1) is 18.3. The van der Waals surface area contributed by atoms with E-state index in [9.17, 15) is 4.79 Å². The normalized spacial score (nSPS) is 15.5. The fraction of sp³-hybridized carbons (Fsp3) is 0.273. The van der Waals surface area contributed by atoms with E-state index < -0.39 is 11.7 Å². The molecule has 3 aromatic carbocycles. The van der Waals surface area contributed by atoms with Crippen molar-refractivity contribution in [1.29, 1.82) is 0 Å². The maximum absolute atomic E-state index is 12.7. The topological polar surface area (TPSA) is 41.6 Å². The summed E-state index contributed by atoms with van der Waals surface area (Å²) in [5, 5.41) is 4.26. The number of hydrogen-bond donors (Lipinski definition) is 1. The van der Waals surface area contributed by atoms with Gasteiger partial charge in [0.05, 0.1) is 0 Å². The molecule has 1 atom stereocenters. The second kappa shape index (κ2) is 13.3. The number of nitrogens with zero attached hydrogens (tertiary/aromatic N) is 1. The van der Waals surface area contributed by atoms with Crippen LogP contribution in [-0.4, -0.2) is 29.2 Å². The van der Waals surface area contributed by atoms with Gasteiger partial charge in [0.2, 0.25) is 0 Å². The molecule has 1 amide bonds. The number of ether oxygens (including phenoxy) is 1. The predicted octanol–water partition coefficient (Wildman–Crippen LogP) is 7.42. The van der Waals surface area contributed by atoms with Crippen LogP contribution in [0.5, 0.6) is 0 Å². The number of alkyl carbamates (subject to hydrolysis) is 1. The third kappa shape index (κ3) is 8.64. The molecule has 1 N–H and O–H groups in total. The molecular weight excluding hydrogens is 488 g/mol. The van der Waals surface area contributed by atoms with Crippen LogP contribution >= 0.6 is 11.8 Å². The summed E-state index contributed by atoms with van der Waals surface area (Å²) in [5.41, 5.74) is 3.14. The van der Waals surface area contributed by atoms with Crippen molar-refractivity contribution in [3.8, 4) is 0 Å². The van der Waals surface area contributed by atoms with Crippen molar-refractivity contribution in [3.05, 3.63) is 132 Å². The van der Waals surface area contributed by atoms with E-state index in [4.69, 9.17) is 4.74 Å². The first kappa shape index (κ1) is 28.3. The lowest BCUT2D eigenvalue weighted by atomic mass is 9.94. The highest BCUT2D eigenvalue weighted by molar-refractivity contribution is 8.02. The number of hydrogen-bond acceptors (Lipinski definition) is 4. The van der Waals surface area contributed by atoms with Crippen LogP contribution in [0.25, 0.3) is 0 Å². The monoisotopic (exact) mass is 525 g/mol. The number of carbonyl (C=O) groups is 1. The zero-order chi connectivity index (χ0) is 27.0. The lowest BCUT2D eigenvalue weighted by molar-refractivity contribution is 0.0507. The predicted molar refractivity (Wildman–Crippen MR) is 157 cm³/mol. The second-order valence-electron chi connectivity index (χ2n) is 10.5. The van der Waals surface area contributed by atoms with Crippen molar-refractivity contribution in [2.24, 2.45) is 0 Å². The second-order valence-corrected chi connectivity index (χ2v) is 11.7. The Hall–Kier alpha value is -2.76. The average Bonchev–Trinajstić information content (AvgIpc) is 3.33. The van der Waals surface area contributed by atoms with Crippen LogP contribution in [0.3, 0.4) is 0 Å². The van der Waals surface area contributed by atoms with Crippen LogP contribution in [-0.2, 0) is 17.8 Å². The smallest absolute Gasteiger partial charge is 0.407 e. The van der Waals surface area contributed by atoms with Gasteiger partial charge in [0.25, 0.3) is 0 Å². The SMILES string of the molecule is Cc1ccc(S[C]2[CH][CH][CH][C]2[C@H](CNC(=O)OC(C)(C)C)N(Cc2ccccc2)Cc2ccccc2)cc1. The van der Waals surface area contributed by atoms with Crippen LogP contribution in [0, 0.1) is 37.4 Å². The van der Waals surface area contributed by atoms with Crippen LogP contribution < -0.4 is 5.32 Å². The molecule has 197 valence electrons. The number of aryl methyl sites for hydroxylation is 1. The number of carbonyl (C=O) groups excluding carboxylic acids is 1. The van der Waals surface area contributed by atoms with E-state index in [0.717, 1.165) is 13.1 Å². The third-order valence-corrected chi connectivity index (χ3v) is 7.25. The van der Waals surface area contributed by atoms with Crippen molar-refractivity contribution in [1.82, 2.24) is 10.2 Å². The minimum absolute atomic E-state index is 0.0640.